The third kappa shape index (κ3) is 6.94. The maximum absolute atomic E-state index is 12.3. The molecule has 0 radical (unpaired) electrons. The molecule has 3 aromatic carbocycles. The molecule has 6 nitrogen and oxygen atoms in total. The van der Waals surface area contributed by atoms with E-state index < -0.39 is 0 Å². The second-order valence-corrected chi connectivity index (χ2v) is 9.09. The monoisotopic (exact) mass is 509 g/mol. The average Bonchev–Trinajstić information content (AvgIpc) is 2.88. The second kappa shape index (κ2) is 12.0. The summed E-state index contributed by atoms with van der Waals surface area (Å²) in [6, 6.07) is 23.0. The smallest absolute Gasteiger partial charge is 0.262 e. The summed E-state index contributed by atoms with van der Waals surface area (Å²) in [5, 5.41) is 3.31. The number of halogens is 1. The number of carbonyl (C=O) groups excluding carboxylic acids is 1. The van der Waals surface area contributed by atoms with Gasteiger partial charge in [0.15, 0.2) is 18.1 Å². The Labute approximate surface area is 216 Å². The zero-order valence-corrected chi connectivity index (χ0v) is 21.1. The Morgan fingerprint density at radius 1 is 0.971 bits per heavy atom. The minimum Gasteiger partial charge on any atom is -0.493 e. The molecule has 0 aromatic heterocycles. The summed E-state index contributed by atoms with van der Waals surface area (Å²) in [4.78, 5) is 17.7. The third-order valence-electron chi connectivity index (χ3n) is 5.79. The van der Waals surface area contributed by atoms with Crippen molar-refractivity contribution in [2.75, 3.05) is 45.2 Å². The number of hydrogen-bond acceptors (Lipinski definition) is 5. The summed E-state index contributed by atoms with van der Waals surface area (Å²) in [6.45, 7) is 4.44. The van der Waals surface area contributed by atoms with Crippen LogP contribution in [0.25, 0.3) is 0 Å². The van der Waals surface area contributed by atoms with Crippen molar-refractivity contribution < 1.29 is 14.3 Å². The largest absolute Gasteiger partial charge is 0.493 e. The molecule has 4 rings (SSSR count). The first-order chi connectivity index (χ1) is 17.0. The van der Waals surface area contributed by atoms with Crippen molar-refractivity contribution in [3.8, 4) is 11.5 Å². The summed E-state index contributed by atoms with van der Waals surface area (Å²) >= 11 is 11.7. The predicted octanol–water partition coefficient (Wildman–Crippen LogP) is 4.86. The van der Waals surface area contributed by atoms with Gasteiger partial charge in [-0.15, -0.1) is 0 Å². The van der Waals surface area contributed by atoms with Gasteiger partial charge in [0.2, 0.25) is 0 Å². The zero-order valence-electron chi connectivity index (χ0n) is 19.6. The topological polar surface area (TPSA) is 54.0 Å². The minimum atomic E-state index is -0.290. The Bertz CT molecular complexity index is 1170. The molecule has 0 bridgehead atoms. The molecule has 1 heterocycles. The SMILES string of the molecule is COc1cc(C(=S)N2CCN(Cc3ccccc3)CC2)ccc1OCC(=O)Nc1cccc(Cl)c1. The third-order valence-corrected chi connectivity index (χ3v) is 6.52. The first-order valence-corrected chi connectivity index (χ1v) is 12.2. The molecule has 1 aliphatic heterocycles. The van der Waals surface area contributed by atoms with E-state index in [9.17, 15) is 4.79 Å². The summed E-state index contributed by atoms with van der Waals surface area (Å²) in [5.74, 6) is 0.721. The van der Waals surface area contributed by atoms with Crippen molar-refractivity contribution in [3.63, 3.8) is 0 Å². The lowest BCUT2D eigenvalue weighted by Crippen LogP contribution is -2.48. The maximum Gasteiger partial charge on any atom is 0.262 e. The zero-order chi connectivity index (χ0) is 24.6. The molecule has 1 N–H and O–H groups in total. The van der Waals surface area contributed by atoms with Gasteiger partial charge < -0.3 is 19.7 Å². The van der Waals surface area contributed by atoms with Gasteiger partial charge in [0, 0.05) is 49.0 Å². The molecule has 1 aliphatic rings. The molecule has 35 heavy (non-hydrogen) atoms. The van der Waals surface area contributed by atoms with Crippen LogP contribution in [-0.4, -0.2) is 60.6 Å². The van der Waals surface area contributed by atoms with Crippen molar-refractivity contribution in [3.05, 3.63) is 88.9 Å². The van der Waals surface area contributed by atoms with Crippen LogP contribution in [0, 0.1) is 0 Å². The van der Waals surface area contributed by atoms with Crippen LogP contribution in [0.4, 0.5) is 5.69 Å². The number of anilines is 1. The van der Waals surface area contributed by atoms with Crippen LogP contribution in [0.15, 0.2) is 72.8 Å². The highest BCUT2D eigenvalue weighted by Gasteiger charge is 2.21. The molecule has 0 atom stereocenters. The van der Waals surface area contributed by atoms with E-state index in [0.29, 0.717) is 22.2 Å². The Morgan fingerprint density at radius 2 is 1.74 bits per heavy atom. The molecule has 0 saturated carbocycles. The highest BCUT2D eigenvalue weighted by Crippen LogP contribution is 2.29. The fourth-order valence-corrected chi connectivity index (χ4v) is 4.46. The molecule has 1 fully saturated rings. The van der Waals surface area contributed by atoms with E-state index in [1.54, 1.807) is 37.4 Å². The van der Waals surface area contributed by atoms with Crippen LogP contribution in [0.5, 0.6) is 11.5 Å². The number of thiocarbonyl (C=S) groups is 1. The number of amides is 1. The second-order valence-electron chi connectivity index (χ2n) is 8.27. The molecular weight excluding hydrogens is 482 g/mol. The predicted molar refractivity (Wildman–Crippen MR) is 144 cm³/mol. The summed E-state index contributed by atoms with van der Waals surface area (Å²) in [5.41, 5.74) is 2.83. The van der Waals surface area contributed by atoms with Crippen LogP contribution in [-0.2, 0) is 11.3 Å². The highest BCUT2D eigenvalue weighted by atomic mass is 35.5. The number of methoxy groups -OCH3 is 1. The molecule has 8 heteroatoms. The molecule has 3 aromatic rings. The van der Waals surface area contributed by atoms with Crippen molar-refractivity contribution in [2.45, 2.75) is 6.54 Å². The van der Waals surface area contributed by atoms with Crippen molar-refractivity contribution >= 4 is 40.4 Å². The van der Waals surface area contributed by atoms with E-state index in [1.807, 2.05) is 18.2 Å². The van der Waals surface area contributed by atoms with Crippen LogP contribution in [0.1, 0.15) is 11.1 Å². The normalized spacial score (nSPS) is 13.8. The number of ether oxygens (including phenoxy) is 2. The highest BCUT2D eigenvalue weighted by molar-refractivity contribution is 7.80. The number of carbonyl (C=O) groups is 1. The Hall–Kier alpha value is -3.13. The van der Waals surface area contributed by atoms with Gasteiger partial charge in [-0.25, -0.2) is 0 Å². The number of nitrogens with one attached hydrogen (secondary N) is 1. The van der Waals surface area contributed by atoms with Crippen molar-refractivity contribution in [2.24, 2.45) is 0 Å². The quantitative estimate of drug-likeness (QED) is 0.438. The number of nitrogens with zero attached hydrogens (tertiary/aromatic N) is 2. The van der Waals surface area contributed by atoms with Gasteiger partial charge in [0.1, 0.15) is 4.99 Å². The van der Waals surface area contributed by atoms with E-state index in [-0.39, 0.29) is 12.5 Å². The number of hydrogen-bond donors (Lipinski definition) is 1. The van der Waals surface area contributed by atoms with Crippen LogP contribution >= 0.6 is 23.8 Å². The van der Waals surface area contributed by atoms with E-state index in [0.717, 1.165) is 43.3 Å². The van der Waals surface area contributed by atoms with Gasteiger partial charge in [0.25, 0.3) is 5.91 Å². The molecule has 182 valence electrons. The van der Waals surface area contributed by atoms with Gasteiger partial charge in [-0.05, 0) is 42.0 Å². The fraction of sp³-hybridized carbons (Fsp3) is 0.259. The van der Waals surface area contributed by atoms with Gasteiger partial charge in [-0.2, -0.15) is 0 Å². The lowest BCUT2D eigenvalue weighted by atomic mass is 10.1. The maximum atomic E-state index is 12.3. The average molecular weight is 510 g/mol. The number of piperazine rings is 1. The van der Waals surface area contributed by atoms with Crippen molar-refractivity contribution in [1.82, 2.24) is 9.80 Å². The van der Waals surface area contributed by atoms with Gasteiger partial charge in [-0.3, -0.25) is 9.69 Å². The lowest BCUT2D eigenvalue weighted by Gasteiger charge is -2.36. The molecular formula is C27H28ClN3O3S. The Balaban J connectivity index is 1.31. The van der Waals surface area contributed by atoms with Crippen LogP contribution < -0.4 is 14.8 Å². The van der Waals surface area contributed by atoms with E-state index in [4.69, 9.17) is 33.3 Å². The fourth-order valence-electron chi connectivity index (χ4n) is 3.96. The Kier molecular flexibility index (Phi) is 8.58. The van der Waals surface area contributed by atoms with Gasteiger partial charge in [0.05, 0.1) is 7.11 Å². The van der Waals surface area contributed by atoms with E-state index in [2.05, 4.69) is 39.4 Å². The van der Waals surface area contributed by atoms with Crippen molar-refractivity contribution in [1.29, 1.82) is 0 Å². The summed E-state index contributed by atoms with van der Waals surface area (Å²) in [6.07, 6.45) is 0. The van der Waals surface area contributed by atoms with E-state index in [1.165, 1.54) is 5.56 Å². The molecule has 0 aliphatic carbocycles. The van der Waals surface area contributed by atoms with Gasteiger partial charge in [-0.1, -0.05) is 60.2 Å². The van der Waals surface area contributed by atoms with E-state index >= 15 is 0 Å². The van der Waals surface area contributed by atoms with Crippen LogP contribution in [0.2, 0.25) is 5.02 Å². The standard InChI is InChI=1S/C27H28ClN3O3S/c1-33-25-16-21(10-11-24(25)34-19-26(32)29-23-9-5-8-22(28)17-23)27(35)31-14-12-30(13-15-31)18-20-6-3-2-4-7-20/h2-11,16-17H,12-15,18-19H2,1H3,(H,29,32). The Morgan fingerprint density at radius 3 is 2.46 bits per heavy atom. The molecule has 0 spiro atoms. The number of benzene rings is 3. The van der Waals surface area contributed by atoms with Crippen LogP contribution in [0.3, 0.4) is 0 Å². The molecule has 1 amide bonds. The number of rotatable bonds is 8. The lowest BCUT2D eigenvalue weighted by molar-refractivity contribution is -0.118. The first-order valence-electron chi connectivity index (χ1n) is 11.4. The summed E-state index contributed by atoms with van der Waals surface area (Å²) < 4.78 is 11.2. The molecule has 0 unspecified atom stereocenters. The molecule has 1 saturated heterocycles. The minimum absolute atomic E-state index is 0.157. The summed E-state index contributed by atoms with van der Waals surface area (Å²) in [7, 11) is 1.57. The van der Waals surface area contributed by atoms with Gasteiger partial charge >= 0.3 is 0 Å². The first kappa shape index (κ1) is 25.0.